The third-order valence-corrected chi connectivity index (χ3v) is 3.34. The lowest BCUT2D eigenvalue weighted by atomic mass is 9.95. The molecule has 4 heteroatoms. The molecule has 0 saturated carbocycles. The molecule has 112 valence electrons. The van der Waals surface area contributed by atoms with Crippen molar-refractivity contribution in [2.24, 2.45) is 0 Å². The lowest BCUT2D eigenvalue weighted by molar-refractivity contribution is 0.546. The fraction of sp³-hybridized carbons (Fsp3) is 0.412. The summed E-state index contributed by atoms with van der Waals surface area (Å²) in [6.07, 6.45) is 0. The standard InChI is InChI=1S/C17H24N4/c1-10-7-11(2)9-13(8-10)19-15-12(3)14(18)20-16(21-15)17(4,5)6/h7-9H,1-6H3,(H3,18,19,20,21). The summed E-state index contributed by atoms with van der Waals surface area (Å²) in [7, 11) is 0. The lowest BCUT2D eigenvalue weighted by Gasteiger charge is -2.20. The van der Waals surface area contributed by atoms with E-state index in [0.29, 0.717) is 5.82 Å². The Balaban J connectivity index is 2.46. The van der Waals surface area contributed by atoms with Gasteiger partial charge in [0.25, 0.3) is 0 Å². The Morgan fingerprint density at radius 1 is 0.952 bits per heavy atom. The first kappa shape index (κ1) is 15.3. The zero-order valence-corrected chi connectivity index (χ0v) is 13.7. The zero-order valence-electron chi connectivity index (χ0n) is 13.7. The van der Waals surface area contributed by atoms with Crippen molar-refractivity contribution < 1.29 is 0 Å². The highest BCUT2D eigenvalue weighted by atomic mass is 15.1. The molecule has 0 aliphatic carbocycles. The van der Waals surface area contributed by atoms with Gasteiger partial charge in [-0.25, -0.2) is 9.97 Å². The van der Waals surface area contributed by atoms with Crippen molar-refractivity contribution in [3.63, 3.8) is 0 Å². The van der Waals surface area contributed by atoms with Crippen LogP contribution >= 0.6 is 0 Å². The van der Waals surface area contributed by atoms with E-state index in [4.69, 9.17) is 5.73 Å². The van der Waals surface area contributed by atoms with Crippen molar-refractivity contribution in [2.75, 3.05) is 11.1 Å². The van der Waals surface area contributed by atoms with Crippen LogP contribution in [0.4, 0.5) is 17.3 Å². The molecule has 1 aromatic carbocycles. The highest BCUT2D eigenvalue weighted by Gasteiger charge is 2.20. The summed E-state index contributed by atoms with van der Waals surface area (Å²) in [5.74, 6) is 2.05. The van der Waals surface area contributed by atoms with Crippen LogP contribution in [0.25, 0.3) is 0 Å². The van der Waals surface area contributed by atoms with Gasteiger partial charge in [-0.15, -0.1) is 0 Å². The number of aromatic nitrogens is 2. The maximum atomic E-state index is 6.04. The molecule has 4 nitrogen and oxygen atoms in total. The van der Waals surface area contributed by atoms with Crippen molar-refractivity contribution in [3.05, 3.63) is 40.7 Å². The van der Waals surface area contributed by atoms with Gasteiger partial charge in [0.15, 0.2) is 0 Å². The van der Waals surface area contributed by atoms with Crippen LogP contribution in [0.1, 0.15) is 43.3 Å². The molecule has 0 aliphatic rings. The number of benzene rings is 1. The Bertz CT molecular complexity index is 649. The predicted molar refractivity (Wildman–Crippen MR) is 89.1 cm³/mol. The summed E-state index contributed by atoms with van der Waals surface area (Å²) in [6.45, 7) is 12.3. The largest absolute Gasteiger partial charge is 0.383 e. The summed E-state index contributed by atoms with van der Waals surface area (Å²) >= 11 is 0. The fourth-order valence-corrected chi connectivity index (χ4v) is 2.17. The quantitative estimate of drug-likeness (QED) is 0.874. The Morgan fingerprint density at radius 3 is 2.05 bits per heavy atom. The van der Waals surface area contributed by atoms with Crippen molar-refractivity contribution in [3.8, 4) is 0 Å². The van der Waals surface area contributed by atoms with Crippen molar-refractivity contribution in [1.29, 1.82) is 0 Å². The maximum absolute atomic E-state index is 6.04. The van der Waals surface area contributed by atoms with E-state index >= 15 is 0 Å². The molecule has 3 N–H and O–H groups in total. The Kier molecular flexibility index (Phi) is 3.90. The normalized spacial score (nSPS) is 11.5. The van der Waals surface area contributed by atoms with Crippen LogP contribution in [-0.4, -0.2) is 9.97 Å². The average molecular weight is 284 g/mol. The van der Waals surface area contributed by atoms with Gasteiger partial charge >= 0.3 is 0 Å². The predicted octanol–water partition coefficient (Wildman–Crippen LogP) is 4.03. The van der Waals surface area contributed by atoms with Crippen molar-refractivity contribution >= 4 is 17.3 Å². The number of hydrogen-bond donors (Lipinski definition) is 2. The first-order chi connectivity index (χ1) is 9.66. The minimum atomic E-state index is -0.138. The Morgan fingerprint density at radius 2 is 1.52 bits per heavy atom. The molecule has 0 saturated heterocycles. The van der Waals surface area contributed by atoms with Gasteiger partial charge in [0, 0.05) is 16.7 Å². The Hall–Kier alpha value is -2.10. The topological polar surface area (TPSA) is 63.8 Å². The molecular weight excluding hydrogens is 260 g/mol. The van der Waals surface area contributed by atoms with E-state index in [1.807, 2.05) is 6.92 Å². The van der Waals surface area contributed by atoms with E-state index in [1.54, 1.807) is 0 Å². The highest BCUT2D eigenvalue weighted by Crippen LogP contribution is 2.27. The van der Waals surface area contributed by atoms with Gasteiger partial charge in [-0.3, -0.25) is 0 Å². The van der Waals surface area contributed by atoms with Gasteiger partial charge in [-0.05, 0) is 44.0 Å². The van der Waals surface area contributed by atoms with Crippen LogP contribution in [0.15, 0.2) is 18.2 Å². The molecule has 0 atom stereocenters. The maximum Gasteiger partial charge on any atom is 0.139 e. The molecule has 0 radical (unpaired) electrons. The molecule has 0 aliphatic heterocycles. The molecule has 0 spiro atoms. The highest BCUT2D eigenvalue weighted by molar-refractivity contribution is 5.64. The van der Waals surface area contributed by atoms with Crippen LogP contribution in [-0.2, 0) is 5.41 Å². The molecule has 2 rings (SSSR count). The zero-order chi connectivity index (χ0) is 15.8. The van der Waals surface area contributed by atoms with Crippen molar-refractivity contribution in [1.82, 2.24) is 9.97 Å². The number of nitrogens with two attached hydrogens (primary N) is 1. The summed E-state index contributed by atoms with van der Waals surface area (Å²) < 4.78 is 0. The van der Waals surface area contributed by atoms with Gasteiger partial charge in [-0.1, -0.05) is 26.8 Å². The molecule has 0 bridgehead atoms. The second-order valence-corrected chi connectivity index (χ2v) is 6.66. The number of anilines is 3. The molecular formula is C17H24N4. The van der Waals surface area contributed by atoms with Crippen LogP contribution in [0.5, 0.6) is 0 Å². The summed E-state index contributed by atoms with van der Waals surface area (Å²) in [5.41, 5.74) is 10.2. The van der Waals surface area contributed by atoms with E-state index in [-0.39, 0.29) is 5.41 Å². The van der Waals surface area contributed by atoms with E-state index in [1.165, 1.54) is 11.1 Å². The van der Waals surface area contributed by atoms with Crippen LogP contribution < -0.4 is 11.1 Å². The molecule has 0 amide bonds. The number of nitrogens with zero attached hydrogens (tertiary/aromatic N) is 2. The lowest BCUT2D eigenvalue weighted by Crippen LogP contribution is -2.18. The van der Waals surface area contributed by atoms with Crippen molar-refractivity contribution in [2.45, 2.75) is 47.0 Å². The summed E-state index contributed by atoms with van der Waals surface area (Å²) in [5, 5.41) is 3.38. The first-order valence-electron chi connectivity index (χ1n) is 7.17. The molecule has 21 heavy (non-hydrogen) atoms. The number of hydrogen-bond acceptors (Lipinski definition) is 4. The Labute approximate surface area is 126 Å². The first-order valence-corrected chi connectivity index (χ1v) is 7.17. The van der Waals surface area contributed by atoms with Gasteiger partial charge in [-0.2, -0.15) is 0 Å². The second-order valence-electron chi connectivity index (χ2n) is 6.66. The van der Waals surface area contributed by atoms with Gasteiger partial charge in [0.1, 0.15) is 17.5 Å². The third-order valence-electron chi connectivity index (χ3n) is 3.34. The molecule has 0 fully saturated rings. The van der Waals surface area contributed by atoms with E-state index in [2.05, 4.69) is 68.1 Å². The molecule has 2 aromatic rings. The minimum absolute atomic E-state index is 0.138. The van der Waals surface area contributed by atoms with E-state index in [0.717, 1.165) is 22.9 Å². The van der Waals surface area contributed by atoms with Gasteiger partial charge in [0.2, 0.25) is 0 Å². The average Bonchev–Trinajstić information content (AvgIpc) is 2.32. The van der Waals surface area contributed by atoms with E-state index < -0.39 is 0 Å². The molecule has 1 aromatic heterocycles. The minimum Gasteiger partial charge on any atom is -0.383 e. The monoisotopic (exact) mass is 284 g/mol. The van der Waals surface area contributed by atoms with Gasteiger partial charge in [0.05, 0.1) is 0 Å². The third kappa shape index (κ3) is 3.51. The van der Waals surface area contributed by atoms with Gasteiger partial charge < -0.3 is 11.1 Å². The summed E-state index contributed by atoms with van der Waals surface area (Å²) in [4.78, 5) is 9.06. The molecule has 0 unspecified atom stereocenters. The van der Waals surface area contributed by atoms with Crippen LogP contribution in [0.3, 0.4) is 0 Å². The smallest absolute Gasteiger partial charge is 0.139 e. The molecule has 1 heterocycles. The SMILES string of the molecule is Cc1cc(C)cc(Nc2nc(C(C)(C)C)nc(N)c2C)c1. The summed E-state index contributed by atoms with van der Waals surface area (Å²) in [6, 6.07) is 6.34. The number of nitrogens with one attached hydrogen (secondary N) is 1. The number of aryl methyl sites for hydroxylation is 2. The second kappa shape index (κ2) is 5.35. The number of rotatable bonds is 2. The fourth-order valence-electron chi connectivity index (χ4n) is 2.17. The van der Waals surface area contributed by atoms with Crippen LogP contribution in [0.2, 0.25) is 0 Å². The van der Waals surface area contributed by atoms with E-state index in [9.17, 15) is 0 Å². The van der Waals surface area contributed by atoms with Crippen LogP contribution in [0, 0.1) is 20.8 Å². The number of nitrogen functional groups attached to an aromatic ring is 1.